The average molecular weight is 326 g/mol. The van der Waals surface area contributed by atoms with Crippen LogP contribution in [0.4, 0.5) is 4.79 Å². The summed E-state index contributed by atoms with van der Waals surface area (Å²) in [7, 11) is 0. The Kier molecular flexibility index (Phi) is 4.11. The van der Waals surface area contributed by atoms with Crippen molar-refractivity contribution in [2.75, 3.05) is 13.2 Å². The van der Waals surface area contributed by atoms with Gasteiger partial charge < -0.3 is 15.0 Å². The fourth-order valence-corrected chi connectivity index (χ4v) is 3.69. The number of aromatic amines is 1. The summed E-state index contributed by atoms with van der Waals surface area (Å²) >= 11 is 0. The highest BCUT2D eigenvalue weighted by atomic mass is 16.5. The van der Waals surface area contributed by atoms with Gasteiger partial charge in [0.05, 0.1) is 24.9 Å². The van der Waals surface area contributed by atoms with Crippen LogP contribution in [0.25, 0.3) is 0 Å². The van der Waals surface area contributed by atoms with E-state index in [1.54, 1.807) is 0 Å². The number of benzene rings is 1. The van der Waals surface area contributed by atoms with Gasteiger partial charge in [0.2, 0.25) is 0 Å². The lowest BCUT2D eigenvalue weighted by Gasteiger charge is -2.37. The minimum absolute atomic E-state index is 0.00241. The third-order valence-electron chi connectivity index (χ3n) is 4.92. The third-order valence-corrected chi connectivity index (χ3v) is 4.92. The molecular formula is C18H22N4O2. The van der Waals surface area contributed by atoms with E-state index in [1.165, 1.54) is 0 Å². The summed E-state index contributed by atoms with van der Waals surface area (Å²) in [6.45, 7) is 1.42. The Morgan fingerprint density at radius 1 is 1.29 bits per heavy atom. The average Bonchev–Trinajstić information content (AvgIpc) is 3.16. The van der Waals surface area contributed by atoms with Gasteiger partial charge >= 0.3 is 6.03 Å². The molecule has 1 saturated heterocycles. The Bertz CT molecular complexity index is 701. The number of hydrogen-bond acceptors (Lipinski definition) is 3. The second-order valence-corrected chi connectivity index (χ2v) is 6.41. The molecule has 24 heavy (non-hydrogen) atoms. The predicted molar refractivity (Wildman–Crippen MR) is 89.7 cm³/mol. The number of urea groups is 1. The van der Waals surface area contributed by atoms with Crippen LogP contribution in [0.3, 0.4) is 0 Å². The van der Waals surface area contributed by atoms with Crippen LogP contribution in [0.2, 0.25) is 0 Å². The van der Waals surface area contributed by atoms with Crippen molar-refractivity contribution in [1.82, 2.24) is 20.4 Å². The van der Waals surface area contributed by atoms with Gasteiger partial charge in [-0.15, -0.1) is 0 Å². The van der Waals surface area contributed by atoms with E-state index in [-0.39, 0.29) is 18.1 Å². The largest absolute Gasteiger partial charge is 0.493 e. The number of para-hydroxylation sites is 1. The van der Waals surface area contributed by atoms with Crippen LogP contribution in [-0.4, -0.2) is 34.3 Å². The van der Waals surface area contributed by atoms with E-state index in [9.17, 15) is 4.79 Å². The Labute approximate surface area is 141 Å². The number of amides is 2. The second-order valence-electron chi connectivity index (χ2n) is 6.41. The van der Waals surface area contributed by atoms with E-state index in [0.29, 0.717) is 6.61 Å². The van der Waals surface area contributed by atoms with Crippen molar-refractivity contribution >= 4 is 6.03 Å². The van der Waals surface area contributed by atoms with Gasteiger partial charge in [0, 0.05) is 30.3 Å². The number of hydrogen-bond donors (Lipinski definition) is 2. The minimum Gasteiger partial charge on any atom is -0.493 e. The van der Waals surface area contributed by atoms with Crippen LogP contribution in [0.5, 0.6) is 5.75 Å². The molecule has 2 aromatic rings. The van der Waals surface area contributed by atoms with Crippen LogP contribution < -0.4 is 10.1 Å². The van der Waals surface area contributed by atoms with Crippen LogP contribution in [0.15, 0.2) is 36.7 Å². The van der Waals surface area contributed by atoms with E-state index in [2.05, 4.69) is 15.5 Å². The van der Waals surface area contributed by atoms with E-state index in [4.69, 9.17) is 4.74 Å². The van der Waals surface area contributed by atoms with E-state index in [0.717, 1.165) is 49.1 Å². The summed E-state index contributed by atoms with van der Waals surface area (Å²) < 4.78 is 5.68. The fraction of sp³-hybridized carbons (Fsp3) is 0.444. The molecule has 0 bridgehead atoms. The summed E-state index contributed by atoms with van der Waals surface area (Å²) in [5, 5.41) is 10.1. The first kappa shape index (κ1) is 15.1. The first-order chi connectivity index (χ1) is 11.8. The molecule has 6 nitrogen and oxygen atoms in total. The van der Waals surface area contributed by atoms with Crippen molar-refractivity contribution in [2.24, 2.45) is 0 Å². The zero-order valence-corrected chi connectivity index (χ0v) is 13.6. The van der Waals surface area contributed by atoms with Crippen LogP contribution in [-0.2, 0) is 0 Å². The zero-order valence-electron chi connectivity index (χ0n) is 13.6. The summed E-state index contributed by atoms with van der Waals surface area (Å²) in [6, 6.07) is 8.06. The maximum absolute atomic E-state index is 12.9. The molecule has 2 aliphatic heterocycles. The quantitative estimate of drug-likeness (QED) is 0.890. The first-order valence-corrected chi connectivity index (χ1v) is 8.60. The van der Waals surface area contributed by atoms with Gasteiger partial charge in [-0.25, -0.2) is 4.79 Å². The zero-order chi connectivity index (χ0) is 16.4. The Morgan fingerprint density at radius 2 is 2.21 bits per heavy atom. The lowest BCUT2D eigenvalue weighted by Crippen LogP contribution is -2.46. The van der Waals surface area contributed by atoms with Crippen molar-refractivity contribution < 1.29 is 9.53 Å². The number of ether oxygens (including phenoxy) is 1. The lowest BCUT2D eigenvalue weighted by molar-refractivity contribution is 0.144. The number of carbonyl (C=O) groups is 1. The van der Waals surface area contributed by atoms with E-state index in [1.807, 2.05) is 41.6 Å². The Hall–Kier alpha value is -2.50. The molecule has 3 heterocycles. The van der Waals surface area contributed by atoms with Gasteiger partial charge in [0.25, 0.3) is 0 Å². The summed E-state index contributed by atoms with van der Waals surface area (Å²) in [5.74, 6) is 0.874. The number of rotatable bonds is 2. The highest BCUT2D eigenvalue weighted by molar-refractivity contribution is 5.75. The summed E-state index contributed by atoms with van der Waals surface area (Å²) in [6.07, 6.45) is 7.68. The van der Waals surface area contributed by atoms with Gasteiger partial charge in [-0.1, -0.05) is 18.2 Å². The number of aromatic nitrogens is 2. The smallest absolute Gasteiger partial charge is 0.318 e. The summed E-state index contributed by atoms with van der Waals surface area (Å²) in [4.78, 5) is 14.9. The van der Waals surface area contributed by atoms with Gasteiger partial charge in [0.15, 0.2) is 0 Å². The highest BCUT2D eigenvalue weighted by Gasteiger charge is 2.31. The van der Waals surface area contributed by atoms with Crippen molar-refractivity contribution in [3.63, 3.8) is 0 Å². The molecule has 2 N–H and O–H groups in total. The molecule has 2 aliphatic rings. The second kappa shape index (κ2) is 6.55. The molecular weight excluding hydrogens is 304 g/mol. The molecule has 126 valence electrons. The molecule has 0 unspecified atom stereocenters. The molecule has 4 rings (SSSR count). The molecule has 0 saturated carbocycles. The fourth-order valence-electron chi connectivity index (χ4n) is 3.69. The van der Waals surface area contributed by atoms with Gasteiger partial charge in [0.1, 0.15) is 5.75 Å². The number of likely N-dealkylation sites (tertiary alicyclic amines) is 1. The number of carbonyl (C=O) groups excluding carboxylic acids is 1. The molecule has 6 heteroatoms. The van der Waals surface area contributed by atoms with Crippen molar-refractivity contribution in [1.29, 1.82) is 0 Å². The van der Waals surface area contributed by atoms with Crippen LogP contribution in [0, 0.1) is 0 Å². The molecule has 2 amide bonds. The first-order valence-electron chi connectivity index (χ1n) is 8.60. The number of nitrogens with one attached hydrogen (secondary N) is 2. The van der Waals surface area contributed by atoms with Gasteiger partial charge in [-0.3, -0.25) is 5.10 Å². The van der Waals surface area contributed by atoms with Crippen molar-refractivity contribution in [3.8, 4) is 5.75 Å². The van der Waals surface area contributed by atoms with E-state index < -0.39 is 0 Å². The van der Waals surface area contributed by atoms with E-state index >= 15 is 0 Å². The molecule has 1 fully saturated rings. The SMILES string of the molecule is O=C(N[C@@H]1CCOc2ccccc21)N1CCCC[C@@H]1c1cn[nH]c1. The molecule has 1 aromatic carbocycles. The highest BCUT2D eigenvalue weighted by Crippen LogP contribution is 2.34. The predicted octanol–water partition coefficient (Wildman–Crippen LogP) is 3.17. The normalized spacial score (nSPS) is 23.2. The van der Waals surface area contributed by atoms with Crippen LogP contribution in [0.1, 0.15) is 48.9 Å². The van der Waals surface area contributed by atoms with Crippen LogP contribution >= 0.6 is 0 Å². The lowest BCUT2D eigenvalue weighted by atomic mass is 9.97. The monoisotopic (exact) mass is 326 g/mol. The molecule has 0 radical (unpaired) electrons. The number of nitrogens with zero attached hydrogens (tertiary/aromatic N) is 2. The maximum Gasteiger partial charge on any atom is 0.318 e. The Morgan fingerprint density at radius 3 is 3.08 bits per heavy atom. The van der Waals surface area contributed by atoms with Gasteiger partial charge in [-0.05, 0) is 25.3 Å². The molecule has 0 aliphatic carbocycles. The van der Waals surface area contributed by atoms with Crippen molar-refractivity contribution in [2.45, 2.75) is 37.8 Å². The Balaban J connectivity index is 1.51. The topological polar surface area (TPSA) is 70.2 Å². The molecule has 0 spiro atoms. The van der Waals surface area contributed by atoms with Crippen molar-refractivity contribution in [3.05, 3.63) is 47.8 Å². The number of fused-ring (bicyclic) bond motifs is 1. The standard InChI is InChI=1S/C18H22N4O2/c23-18(21-15-8-10-24-17-7-2-1-5-14(15)17)22-9-4-3-6-16(22)13-11-19-20-12-13/h1-2,5,7,11-12,15-16H,3-4,6,8-10H2,(H,19,20)(H,21,23)/t15-,16-/m1/s1. The third kappa shape index (κ3) is 2.84. The number of piperidine rings is 1. The maximum atomic E-state index is 12.9. The van der Waals surface area contributed by atoms with Gasteiger partial charge in [-0.2, -0.15) is 5.10 Å². The summed E-state index contributed by atoms with van der Waals surface area (Å²) in [5.41, 5.74) is 2.14. The number of H-pyrrole nitrogens is 1. The molecule has 2 atom stereocenters. The minimum atomic E-state index is 0.00241. The molecule has 1 aromatic heterocycles.